The molecule has 1 fully saturated rings. The van der Waals surface area contributed by atoms with Gasteiger partial charge in [0, 0.05) is 19.6 Å². The SMILES string of the molecule is CCNCc1ccc(COC2CCN(C)CC2)cc1. The summed E-state index contributed by atoms with van der Waals surface area (Å²) < 4.78 is 6.00. The van der Waals surface area contributed by atoms with Gasteiger partial charge in [0.15, 0.2) is 0 Å². The Morgan fingerprint density at radius 2 is 1.79 bits per heavy atom. The third-order valence-electron chi connectivity index (χ3n) is 3.75. The molecule has 0 spiro atoms. The van der Waals surface area contributed by atoms with Crippen molar-refractivity contribution in [3.05, 3.63) is 35.4 Å². The van der Waals surface area contributed by atoms with Crippen LogP contribution in [-0.2, 0) is 17.9 Å². The fraction of sp³-hybridized carbons (Fsp3) is 0.625. The van der Waals surface area contributed by atoms with E-state index in [1.165, 1.54) is 11.1 Å². The molecule has 0 aliphatic carbocycles. The number of hydrogen-bond donors (Lipinski definition) is 1. The standard InChI is InChI=1S/C16H26N2O/c1-3-17-12-14-4-6-15(7-5-14)13-19-16-8-10-18(2)11-9-16/h4-7,16-17H,3,8-13H2,1-2H3. The van der Waals surface area contributed by atoms with Crippen LogP contribution in [0.2, 0.25) is 0 Å². The van der Waals surface area contributed by atoms with Gasteiger partial charge in [-0.05, 0) is 37.6 Å². The van der Waals surface area contributed by atoms with E-state index in [4.69, 9.17) is 4.74 Å². The van der Waals surface area contributed by atoms with E-state index in [0.29, 0.717) is 6.10 Å². The third kappa shape index (κ3) is 4.94. The lowest BCUT2D eigenvalue weighted by molar-refractivity contribution is 0.00213. The van der Waals surface area contributed by atoms with E-state index in [2.05, 4.69) is 48.5 Å². The van der Waals surface area contributed by atoms with Crippen molar-refractivity contribution in [3.63, 3.8) is 0 Å². The fourth-order valence-electron chi connectivity index (χ4n) is 2.39. The second kappa shape index (κ2) is 7.63. The molecule has 1 aromatic carbocycles. The molecule has 0 amide bonds. The van der Waals surface area contributed by atoms with Gasteiger partial charge < -0.3 is 15.0 Å². The van der Waals surface area contributed by atoms with E-state index >= 15 is 0 Å². The average molecular weight is 262 g/mol. The molecule has 0 aromatic heterocycles. The van der Waals surface area contributed by atoms with Crippen LogP contribution in [0.3, 0.4) is 0 Å². The number of nitrogens with zero attached hydrogens (tertiary/aromatic N) is 1. The molecule has 0 atom stereocenters. The maximum atomic E-state index is 6.00. The summed E-state index contributed by atoms with van der Waals surface area (Å²) in [6.45, 7) is 7.16. The van der Waals surface area contributed by atoms with Gasteiger partial charge >= 0.3 is 0 Å². The molecule has 3 nitrogen and oxygen atoms in total. The quantitative estimate of drug-likeness (QED) is 0.852. The number of likely N-dealkylation sites (tertiary alicyclic amines) is 1. The average Bonchev–Trinajstić information content (AvgIpc) is 2.46. The Hall–Kier alpha value is -0.900. The summed E-state index contributed by atoms with van der Waals surface area (Å²) in [5, 5.41) is 3.34. The van der Waals surface area contributed by atoms with E-state index in [1.54, 1.807) is 0 Å². The van der Waals surface area contributed by atoms with Crippen molar-refractivity contribution in [2.45, 2.75) is 39.0 Å². The highest BCUT2D eigenvalue weighted by Crippen LogP contribution is 2.14. The molecule has 1 heterocycles. The Morgan fingerprint density at radius 1 is 1.16 bits per heavy atom. The fourth-order valence-corrected chi connectivity index (χ4v) is 2.39. The second-order valence-electron chi connectivity index (χ2n) is 5.41. The smallest absolute Gasteiger partial charge is 0.0720 e. The first-order valence-electron chi connectivity index (χ1n) is 7.36. The number of ether oxygens (including phenoxy) is 1. The van der Waals surface area contributed by atoms with Gasteiger partial charge in [-0.3, -0.25) is 0 Å². The van der Waals surface area contributed by atoms with Crippen molar-refractivity contribution in [2.75, 3.05) is 26.7 Å². The molecule has 0 unspecified atom stereocenters. The highest BCUT2D eigenvalue weighted by molar-refractivity contribution is 5.21. The monoisotopic (exact) mass is 262 g/mol. The number of benzene rings is 1. The van der Waals surface area contributed by atoms with Crippen LogP contribution in [0, 0.1) is 0 Å². The Kier molecular flexibility index (Phi) is 5.83. The minimum absolute atomic E-state index is 0.442. The lowest BCUT2D eigenvalue weighted by Gasteiger charge is -2.28. The van der Waals surface area contributed by atoms with Crippen LogP contribution in [0.15, 0.2) is 24.3 Å². The van der Waals surface area contributed by atoms with E-state index < -0.39 is 0 Å². The predicted octanol–water partition coefficient (Wildman–Crippen LogP) is 2.41. The number of nitrogens with one attached hydrogen (secondary N) is 1. The third-order valence-corrected chi connectivity index (χ3v) is 3.75. The van der Waals surface area contributed by atoms with Crippen LogP contribution >= 0.6 is 0 Å². The van der Waals surface area contributed by atoms with E-state index in [9.17, 15) is 0 Å². The Bertz CT molecular complexity index is 356. The molecule has 1 N–H and O–H groups in total. The van der Waals surface area contributed by atoms with Gasteiger partial charge in [-0.15, -0.1) is 0 Å². The number of rotatable bonds is 6. The van der Waals surface area contributed by atoms with Crippen molar-refractivity contribution < 1.29 is 4.74 Å². The molecule has 106 valence electrons. The van der Waals surface area contributed by atoms with Crippen LogP contribution in [-0.4, -0.2) is 37.7 Å². The maximum absolute atomic E-state index is 6.00. The van der Waals surface area contributed by atoms with E-state index in [-0.39, 0.29) is 0 Å². The second-order valence-corrected chi connectivity index (χ2v) is 5.41. The zero-order valence-electron chi connectivity index (χ0n) is 12.2. The maximum Gasteiger partial charge on any atom is 0.0720 e. The molecule has 1 aromatic rings. The summed E-state index contributed by atoms with van der Waals surface area (Å²) in [6.07, 6.45) is 2.77. The molecule has 19 heavy (non-hydrogen) atoms. The summed E-state index contributed by atoms with van der Waals surface area (Å²) in [5.41, 5.74) is 2.61. The largest absolute Gasteiger partial charge is 0.373 e. The molecule has 3 heteroatoms. The normalized spacial score (nSPS) is 17.8. The first-order valence-corrected chi connectivity index (χ1v) is 7.36. The lowest BCUT2D eigenvalue weighted by atomic mass is 10.1. The topological polar surface area (TPSA) is 24.5 Å². The number of piperidine rings is 1. The molecular formula is C16H26N2O. The minimum atomic E-state index is 0.442. The highest BCUT2D eigenvalue weighted by Gasteiger charge is 2.16. The van der Waals surface area contributed by atoms with Crippen LogP contribution in [0.4, 0.5) is 0 Å². The van der Waals surface area contributed by atoms with Gasteiger partial charge in [-0.2, -0.15) is 0 Å². The number of hydrogen-bond acceptors (Lipinski definition) is 3. The van der Waals surface area contributed by atoms with Crippen molar-refractivity contribution in [3.8, 4) is 0 Å². The Morgan fingerprint density at radius 3 is 2.42 bits per heavy atom. The summed E-state index contributed by atoms with van der Waals surface area (Å²) in [6, 6.07) is 8.75. The zero-order chi connectivity index (χ0) is 13.5. The summed E-state index contributed by atoms with van der Waals surface area (Å²) in [4.78, 5) is 2.37. The molecule has 1 aliphatic rings. The molecule has 2 rings (SSSR count). The highest BCUT2D eigenvalue weighted by atomic mass is 16.5. The Labute approximate surface area is 116 Å². The first-order chi connectivity index (χ1) is 9.28. The van der Waals surface area contributed by atoms with Gasteiger partial charge in [0.2, 0.25) is 0 Å². The summed E-state index contributed by atoms with van der Waals surface area (Å²) in [5.74, 6) is 0. The molecule has 1 aliphatic heterocycles. The molecule has 0 bridgehead atoms. The van der Waals surface area contributed by atoms with Crippen LogP contribution in [0.25, 0.3) is 0 Å². The van der Waals surface area contributed by atoms with E-state index in [0.717, 1.165) is 45.6 Å². The summed E-state index contributed by atoms with van der Waals surface area (Å²) in [7, 11) is 2.18. The zero-order valence-corrected chi connectivity index (χ0v) is 12.2. The minimum Gasteiger partial charge on any atom is -0.373 e. The van der Waals surface area contributed by atoms with Gasteiger partial charge in [0.1, 0.15) is 0 Å². The van der Waals surface area contributed by atoms with E-state index in [1.807, 2.05) is 0 Å². The Balaban J connectivity index is 1.73. The molecule has 0 radical (unpaired) electrons. The van der Waals surface area contributed by atoms with Gasteiger partial charge in [-0.1, -0.05) is 31.2 Å². The summed E-state index contributed by atoms with van der Waals surface area (Å²) >= 11 is 0. The van der Waals surface area contributed by atoms with Crippen molar-refractivity contribution in [1.82, 2.24) is 10.2 Å². The van der Waals surface area contributed by atoms with Crippen LogP contribution < -0.4 is 5.32 Å². The van der Waals surface area contributed by atoms with Crippen molar-refractivity contribution in [1.29, 1.82) is 0 Å². The van der Waals surface area contributed by atoms with Gasteiger partial charge in [-0.25, -0.2) is 0 Å². The van der Waals surface area contributed by atoms with Crippen LogP contribution in [0.5, 0.6) is 0 Å². The first kappa shape index (κ1) is 14.5. The molecule has 0 saturated carbocycles. The van der Waals surface area contributed by atoms with Gasteiger partial charge in [0.25, 0.3) is 0 Å². The molecular weight excluding hydrogens is 236 g/mol. The predicted molar refractivity (Wildman–Crippen MR) is 79.1 cm³/mol. The van der Waals surface area contributed by atoms with Crippen molar-refractivity contribution >= 4 is 0 Å². The van der Waals surface area contributed by atoms with Crippen molar-refractivity contribution in [2.24, 2.45) is 0 Å². The van der Waals surface area contributed by atoms with Crippen LogP contribution in [0.1, 0.15) is 30.9 Å². The molecule has 1 saturated heterocycles. The lowest BCUT2D eigenvalue weighted by Crippen LogP contribution is -2.34. The van der Waals surface area contributed by atoms with Gasteiger partial charge in [0.05, 0.1) is 12.7 Å².